The number of aromatic nitrogens is 1. The molecule has 0 saturated carbocycles. The molecule has 8 heteroatoms. The van der Waals surface area contributed by atoms with Crippen LogP contribution in [0.5, 0.6) is 0 Å². The van der Waals surface area contributed by atoms with Crippen LogP contribution in [-0.2, 0) is 20.9 Å². The van der Waals surface area contributed by atoms with Crippen molar-refractivity contribution < 1.29 is 19.2 Å². The lowest BCUT2D eigenvalue weighted by molar-refractivity contribution is -0.385. The van der Waals surface area contributed by atoms with Crippen LogP contribution in [0.1, 0.15) is 12.5 Å². The highest BCUT2D eigenvalue weighted by Gasteiger charge is 2.13. The number of rotatable bonds is 7. The number of nitro groups is 1. The van der Waals surface area contributed by atoms with Crippen LogP contribution >= 0.6 is 0 Å². The van der Waals surface area contributed by atoms with Crippen molar-refractivity contribution in [1.29, 1.82) is 0 Å². The number of ether oxygens (including phenoxy) is 1. The average Bonchev–Trinajstić information content (AvgIpc) is 3.14. The lowest BCUT2D eigenvalue weighted by Gasteiger charge is -2.07. The summed E-state index contributed by atoms with van der Waals surface area (Å²) >= 11 is 0. The third kappa shape index (κ3) is 4.59. The van der Waals surface area contributed by atoms with E-state index < -0.39 is 23.4 Å². The Morgan fingerprint density at radius 3 is 2.55 bits per heavy atom. The molecule has 1 heterocycles. The van der Waals surface area contributed by atoms with Gasteiger partial charge in [0.1, 0.15) is 0 Å². The summed E-state index contributed by atoms with van der Waals surface area (Å²) in [4.78, 5) is 34.7. The number of nitrogens with one attached hydrogen (secondary N) is 1. The first-order chi connectivity index (χ1) is 16.0. The molecule has 4 aromatic rings. The second-order valence-corrected chi connectivity index (χ2v) is 7.30. The van der Waals surface area contributed by atoms with Gasteiger partial charge < -0.3 is 14.6 Å². The summed E-state index contributed by atoms with van der Waals surface area (Å²) in [5, 5.41) is 15.9. The maximum Gasteiger partial charge on any atom is 0.331 e. The molecule has 0 atom stereocenters. The van der Waals surface area contributed by atoms with E-state index in [9.17, 15) is 19.7 Å². The van der Waals surface area contributed by atoms with Crippen LogP contribution in [-0.4, -0.2) is 28.0 Å². The molecule has 0 saturated heterocycles. The number of benzene rings is 3. The first-order valence-electron chi connectivity index (χ1n) is 10.4. The first-order valence-corrected chi connectivity index (χ1v) is 10.4. The van der Waals surface area contributed by atoms with Gasteiger partial charge in [-0.25, -0.2) is 4.79 Å². The van der Waals surface area contributed by atoms with Gasteiger partial charge in [0.05, 0.1) is 10.5 Å². The number of nitro benzene ring substituents is 1. The summed E-state index contributed by atoms with van der Waals surface area (Å²) in [5.74, 6) is -1.26. The lowest BCUT2D eigenvalue weighted by Crippen LogP contribution is -2.20. The van der Waals surface area contributed by atoms with Gasteiger partial charge in [-0.2, -0.15) is 0 Å². The topological polar surface area (TPSA) is 103 Å². The third-order valence-corrected chi connectivity index (χ3v) is 5.25. The molecule has 0 aliphatic carbocycles. The van der Waals surface area contributed by atoms with E-state index in [1.807, 2.05) is 36.4 Å². The maximum atomic E-state index is 12.3. The Balaban J connectivity index is 1.41. The number of hydrogen-bond donors (Lipinski definition) is 1. The number of para-hydroxylation sites is 2. The largest absolute Gasteiger partial charge is 0.452 e. The van der Waals surface area contributed by atoms with Gasteiger partial charge in [0.2, 0.25) is 0 Å². The summed E-state index contributed by atoms with van der Waals surface area (Å²) in [5.41, 5.74) is 2.93. The van der Waals surface area contributed by atoms with E-state index in [0.29, 0.717) is 5.69 Å². The summed E-state index contributed by atoms with van der Waals surface area (Å²) in [6.45, 7) is 2.43. The molecular formula is C25H21N3O5. The van der Waals surface area contributed by atoms with Crippen molar-refractivity contribution in [2.24, 2.45) is 0 Å². The highest BCUT2D eigenvalue weighted by Crippen LogP contribution is 2.31. The highest BCUT2D eigenvalue weighted by atomic mass is 16.6. The molecular weight excluding hydrogens is 422 g/mol. The molecule has 0 spiro atoms. The molecule has 1 amide bonds. The predicted molar refractivity (Wildman–Crippen MR) is 127 cm³/mol. The zero-order chi connectivity index (χ0) is 23.4. The number of anilines is 1. The molecule has 0 aliphatic heterocycles. The van der Waals surface area contributed by atoms with E-state index in [-0.39, 0.29) is 11.3 Å². The van der Waals surface area contributed by atoms with E-state index >= 15 is 0 Å². The first kappa shape index (κ1) is 21.8. The molecule has 0 aliphatic rings. The van der Waals surface area contributed by atoms with Gasteiger partial charge >= 0.3 is 5.97 Å². The van der Waals surface area contributed by atoms with Gasteiger partial charge in [-0.3, -0.25) is 14.9 Å². The Kier molecular flexibility index (Phi) is 6.17. The van der Waals surface area contributed by atoms with E-state index in [0.717, 1.165) is 34.4 Å². The fourth-order valence-electron chi connectivity index (χ4n) is 3.81. The van der Waals surface area contributed by atoms with Crippen LogP contribution in [0.2, 0.25) is 0 Å². The van der Waals surface area contributed by atoms with Crippen molar-refractivity contribution in [2.45, 2.75) is 13.5 Å². The average molecular weight is 443 g/mol. The van der Waals surface area contributed by atoms with Crippen molar-refractivity contribution in [2.75, 3.05) is 11.9 Å². The Morgan fingerprint density at radius 1 is 1.03 bits per heavy atom. The molecule has 0 unspecified atom stereocenters. The van der Waals surface area contributed by atoms with Crippen molar-refractivity contribution >= 4 is 51.1 Å². The Morgan fingerprint density at radius 2 is 1.76 bits per heavy atom. The van der Waals surface area contributed by atoms with Gasteiger partial charge in [0.25, 0.3) is 11.6 Å². The van der Waals surface area contributed by atoms with E-state index in [2.05, 4.69) is 22.9 Å². The number of carbonyl (C=O) groups is 2. The van der Waals surface area contributed by atoms with Gasteiger partial charge in [-0.15, -0.1) is 0 Å². The van der Waals surface area contributed by atoms with E-state index in [4.69, 9.17) is 4.74 Å². The number of hydrogen-bond acceptors (Lipinski definition) is 5. The van der Waals surface area contributed by atoms with Gasteiger partial charge in [-0.05, 0) is 43.3 Å². The molecule has 8 nitrogen and oxygen atoms in total. The zero-order valence-corrected chi connectivity index (χ0v) is 17.9. The molecule has 4 rings (SSSR count). The van der Waals surface area contributed by atoms with Crippen LogP contribution in [0.3, 0.4) is 0 Å². The summed E-state index contributed by atoms with van der Waals surface area (Å²) < 4.78 is 7.18. The van der Waals surface area contributed by atoms with Crippen molar-refractivity contribution in [3.63, 3.8) is 0 Å². The Hall–Kier alpha value is -4.46. The fraction of sp³-hybridized carbons (Fsp3) is 0.120. The zero-order valence-electron chi connectivity index (χ0n) is 17.9. The molecule has 0 bridgehead atoms. The molecule has 0 fully saturated rings. The van der Waals surface area contributed by atoms with Crippen LogP contribution in [0, 0.1) is 10.1 Å². The summed E-state index contributed by atoms with van der Waals surface area (Å²) in [6, 6.07) is 19.8. The number of aryl methyl sites for hydroxylation is 1. The van der Waals surface area contributed by atoms with Gasteiger partial charge in [0, 0.05) is 46.2 Å². The molecule has 166 valence electrons. The van der Waals surface area contributed by atoms with Gasteiger partial charge in [0.15, 0.2) is 6.61 Å². The molecule has 33 heavy (non-hydrogen) atoms. The third-order valence-electron chi connectivity index (χ3n) is 5.25. The van der Waals surface area contributed by atoms with Crippen LogP contribution in [0.15, 0.2) is 72.8 Å². The minimum Gasteiger partial charge on any atom is -0.452 e. The normalized spacial score (nSPS) is 11.2. The van der Waals surface area contributed by atoms with E-state index in [1.165, 1.54) is 24.3 Å². The monoisotopic (exact) mass is 443 g/mol. The predicted octanol–water partition coefficient (Wildman–Crippen LogP) is 4.92. The molecule has 3 aromatic carbocycles. The minimum atomic E-state index is -0.773. The number of carbonyl (C=O) groups excluding carboxylic acids is 2. The van der Waals surface area contributed by atoms with Crippen molar-refractivity contribution in [3.8, 4) is 0 Å². The SMILES string of the molecule is CCn1c2ccccc2c2cc(NC(=O)COC(=O)/C=C/c3ccccc3[N+](=O)[O-])ccc21. The number of esters is 1. The summed E-state index contributed by atoms with van der Waals surface area (Å²) in [6.07, 6.45) is 2.34. The highest BCUT2D eigenvalue weighted by molar-refractivity contribution is 6.10. The van der Waals surface area contributed by atoms with Crippen LogP contribution < -0.4 is 5.32 Å². The van der Waals surface area contributed by atoms with Crippen molar-refractivity contribution in [1.82, 2.24) is 4.57 Å². The lowest BCUT2D eigenvalue weighted by atomic mass is 10.1. The molecule has 0 radical (unpaired) electrons. The fourth-order valence-corrected chi connectivity index (χ4v) is 3.81. The Bertz CT molecular complexity index is 1400. The maximum absolute atomic E-state index is 12.3. The second-order valence-electron chi connectivity index (χ2n) is 7.30. The smallest absolute Gasteiger partial charge is 0.331 e. The quantitative estimate of drug-likeness (QED) is 0.189. The van der Waals surface area contributed by atoms with Crippen molar-refractivity contribution in [3.05, 3.63) is 88.5 Å². The second kappa shape index (κ2) is 9.35. The standard InChI is InChI=1S/C25H21N3O5/c1-2-27-22-10-6-4-8-19(22)20-15-18(12-13-23(20)27)26-24(29)16-33-25(30)14-11-17-7-3-5-9-21(17)28(31)32/h3-15H,2,16H2,1H3,(H,26,29)/b14-11+. The minimum absolute atomic E-state index is 0.126. The number of nitrogens with zero attached hydrogens (tertiary/aromatic N) is 2. The van der Waals surface area contributed by atoms with Gasteiger partial charge in [-0.1, -0.05) is 30.3 Å². The molecule has 1 N–H and O–H groups in total. The Labute approximate surface area is 189 Å². The number of fused-ring (bicyclic) bond motifs is 3. The molecule has 1 aromatic heterocycles. The summed E-state index contributed by atoms with van der Waals surface area (Å²) in [7, 11) is 0. The van der Waals surface area contributed by atoms with Crippen LogP contribution in [0.25, 0.3) is 27.9 Å². The van der Waals surface area contributed by atoms with E-state index in [1.54, 1.807) is 6.07 Å². The number of amides is 1. The van der Waals surface area contributed by atoms with Crippen LogP contribution in [0.4, 0.5) is 11.4 Å².